The standard InChI is InChI=1S/C20H29N3O3/c1-15-7-8-18-17(12-15)23(20(25)14-26-18)13-19(24)21-9-5-11-22-10-4-3-6-16(22)2/h7-8,12,16H,3-6,9-11,13-14H2,1-2H3,(H,21,24)/t16-/m0/s1. The molecule has 26 heavy (non-hydrogen) atoms. The van der Waals surface area contributed by atoms with Crippen LogP contribution in [0.3, 0.4) is 0 Å². The Kier molecular flexibility index (Phi) is 6.14. The molecule has 2 heterocycles. The monoisotopic (exact) mass is 359 g/mol. The number of rotatable bonds is 6. The summed E-state index contributed by atoms with van der Waals surface area (Å²) in [5, 5.41) is 2.95. The zero-order valence-electron chi connectivity index (χ0n) is 15.8. The summed E-state index contributed by atoms with van der Waals surface area (Å²) < 4.78 is 5.45. The van der Waals surface area contributed by atoms with E-state index in [1.54, 1.807) is 0 Å². The molecule has 1 saturated heterocycles. The summed E-state index contributed by atoms with van der Waals surface area (Å²) in [5.74, 6) is 0.349. The van der Waals surface area contributed by atoms with Gasteiger partial charge < -0.3 is 15.0 Å². The van der Waals surface area contributed by atoms with Crippen LogP contribution in [0.25, 0.3) is 0 Å². The SMILES string of the molecule is Cc1ccc2c(c1)N(CC(=O)NCCCN1CCCC[C@@H]1C)C(=O)CO2. The van der Waals surface area contributed by atoms with Crippen molar-refractivity contribution < 1.29 is 14.3 Å². The van der Waals surface area contributed by atoms with Crippen LogP contribution >= 0.6 is 0 Å². The highest BCUT2D eigenvalue weighted by Gasteiger charge is 2.27. The van der Waals surface area contributed by atoms with Gasteiger partial charge in [-0.2, -0.15) is 0 Å². The first kappa shape index (κ1) is 18.7. The third-order valence-electron chi connectivity index (χ3n) is 5.24. The molecule has 0 bridgehead atoms. The summed E-state index contributed by atoms with van der Waals surface area (Å²) in [6.07, 6.45) is 4.80. The molecule has 3 rings (SSSR count). The third-order valence-corrected chi connectivity index (χ3v) is 5.24. The number of piperidine rings is 1. The van der Waals surface area contributed by atoms with Crippen molar-refractivity contribution in [1.82, 2.24) is 10.2 Å². The van der Waals surface area contributed by atoms with Crippen LogP contribution in [-0.4, -0.2) is 55.5 Å². The fourth-order valence-electron chi connectivity index (χ4n) is 3.68. The molecule has 0 aliphatic carbocycles. The number of hydrogen-bond acceptors (Lipinski definition) is 4. The van der Waals surface area contributed by atoms with Gasteiger partial charge in [-0.1, -0.05) is 12.5 Å². The van der Waals surface area contributed by atoms with E-state index in [0.29, 0.717) is 24.0 Å². The van der Waals surface area contributed by atoms with Gasteiger partial charge in [0.05, 0.1) is 5.69 Å². The molecule has 142 valence electrons. The van der Waals surface area contributed by atoms with E-state index in [4.69, 9.17) is 4.74 Å². The minimum absolute atomic E-state index is 0.0177. The lowest BCUT2D eigenvalue weighted by Crippen LogP contribution is -2.45. The predicted molar refractivity (Wildman–Crippen MR) is 102 cm³/mol. The van der Waals surface area contributed by atoms with Crippen LogP contribution in [0.4, 0.5) is 5.69 Å². The number of hydrogen-bond donors (Lipinski definition) is 1. The Morgan fingerprint density at radius 3 is 3.00 bits per heavy atom. The highest BCUT2D eigenvalue weighted by Crippen LogP contribution is 2.32. The van der Waals surface area contributed by atoms with Gasteiger partial charge in [0.2, 0.25) is 5.91 Å². The molecule has 1 aromatic carbocycles. The smallest absolute Gasteiger partial charge is 0.265 e. The molecule has 6 heteroatoms. The van der Waals surface area contributed by atoms with E-state index in [-0.39, 0.29) is 25.0 Å². The lowest BCUT2D eigenvalue weighted by molar-refractivity contribution is -0.125. The Bertz CT molecular complexity index is 662. The van der Waals surface area contributed by atoms with E-state index in [1.807, 2.05) is 25.1 Å². The van der Waals surface area contributed by atoms with Gasteiger partial charge in [0.25, 0.3) is 5.91 Å². The lowest BCUT2D eigenvalue weighted by Gasteiger charge is -2.33. The van der Waals surface area contributed by atoms with Crippen LogP contribution in [0, 0.1) is 6.92 Å². The first-order valence-corrected chi connectivity index (χ1v) is 9.59. The average molecular weight is 359 g/mol. The van der Waals surface area contributed by atoms with Gasteiger partial charge in [-0.05, 0) is 57.4 Å². The molecule has 1 fully saturated rings. The largest absolute Gasteiger partial charge is 0.482 e. The second kappa shape index (κ2) is 8.54. The van der Waals surface area contributed by atoms with Crippen molar-refractivity contribution in [1.29, 1.82) is 0 Å². The number of fused-ring (bicyclic) bond motifs is 1. The molecule has 0 spiro atoms. The Morgan fingerprint density at radius 1 is 1.35 bits per heavy atom. The maximum Gasteiger partial charge on any atom is 0.265 e. The van der Waals surface area contributed by atoms with Gasteiger partial charge in [0, 0.05) is 19.1 Å². The Morgan fingerprint density at radius 2 is 2.19 bits per heavy atom. The number of nitrogens with zero attached hydrogens (tertiary/aromatic N) is 2. The number of carbonyl (C=O) groups excluding carboxylic acids is 2. The Hall–Kier alpha value is -2.08. The first-order valence-electron chi connectivity index (χ1n) is 9.59. The number of benzene rings is 1. The van der Waals surface area contributed by atoms with Crippen molar-refractivity contribution in [2.75, 3.05) is 37.7 Å². The normalized spacial score (nSPS) is 20.5. The van der Waals surface area contributed by atoms with Crippen molar-refractivity contribution in [3.05, 3.63) is 23.8 Å². The second-order valence-corrected chi connectivity index (χ2v) is 7.32. The quantitative estimate of drug-likeness (QED) is 0.790. The van der Waals surface area contributed by atoms with Crippen molar-refractivity contribution in [3.8, 4) is 5.75 Å². The average Bonchev–Trinajstić information content (AvgIpc) is 2.62. The molecule has 1 aromatic rings. The van der Waals surface area contributed by atoms with Gasteiger partial charge in [-0.15, -0.1) is 0 Å². The third kappa shape index (κ3) is 4.55. The molecule has 6 nitrogen and oxygen atoms in total. The second-order valence-electron chi connectivity index (χ2n) is 7.32. The lowest BCUT2D eigenvalue weighted by atomic mass is 10.0. The number of anilines is 1. The highest BCUT2D eigenvalue weighted by molar-refractivity contribution is 6.02. The van der Waals surface area contributed by atoms with Crippen molar-refractivity contribution in [3.63, 3.8) is 0 Å². The van der Waals surface area contributed by atoms with E-state index in [0.717, 1.165) is 25.1 Å². The first-order chi connectivity index (χ1) is 12.5. The zero-order valence-corrected chi connectivity index (χ0v) is 15.8. The Labute approximate surface area is 155 Å². The maximum absolute atomic E-state index is 12.3. The summed E-state index contributed by atoms with van der Waals surface area (Å²) in [7, 11) is 0. The molecule has 0 aromatic heterocycles. The number of amides is 2. The number of carbonyl (C=O) groups is 2. The minimum Gasteiger partial charge on any atom is -0.482 e. The van der Waals surface area contributed by atoms with Crippen molar-refractivity contribution in [2.24, 2.45) is 0 Å². The molecule has 1 atom stereocenters. The van der Waals surface area contributed by atoms with Crippen LogP contribution in [-0.2, 0) is 9.59 Å². The molecule has 2 aliphatic heterocycles. The zero-order chi connectivity index (χ0) is 18.5. The molecule has 2 aliphatic rings. The fraction of sp³-hybridized carbons (Fsp3) is 0.600. The van der Waals surface area contributed by atoms with E-state index < -0.39 is 0 Å². The fourth-order valence-corrected chi connectivity index (χ4v) is 3.68. The molecule has 0 saturated carbocycles. The van der Waals surface area contributed by atoms with Crippen LogP contribution in [0.15, 0.2) is 18.2 Å². The van der Waals surface area contributed by atoms with Crippen LogP contribution in [0.1, 0.15) is 38.2 Å². The molecule has 1 N–H and O–H groups in total. The summed E-state index contributed by atoms with van der Waals surface area (Å²) in [4.78, 5) is 28.5. The predicted octanol–water partition coefficient (Wildman–Crippen LogP) is 2.10. The van der Waals surface area contributed by atoms with Crippen LogP contribution in [0.2, 0.25) is 0 Å². The van der Waals surface area contributed by atoms with Crippen molar-refractivity contribution in [2.45, 2.75) is 45.6 Å². The van der Waals surface area contributed by atoms with Gasteiger partial charge in [0.1, 0.15) is 12.3 Å². The Balaban J connectivity index is 1.47. The minimum atomic E-state index is -0.180. The van der Waals surface area contributed by atoms with Gasteiger partial charge in [-0.25, -0.2) is 0 Å². The molecule has 0 unspecified atom stereocenters. The number of nitrogens with one attached hydrogen (secondary N) is 1. The van der Waals surface area contributed by atoms with Gasteiger partial charge in [0.15, 0.2) is 6.61 Å². The van der Waals surface area contributed by atoms with Crippen LogP contribution in [0.5, 0.6) is 5.75 Å². The van der Waals surface area contributed by atoms with Gasteiger partial charge >= 0.3 is 0 Å². The van der Waals surface area contributed by atoms with E-state index >= 15 is 0 Å². The number of ether oxygens (including phenoxy) is 1. The summed E-state index contributed by atoms with van der Waals surface area (Å²) in [5.41, 5.74) is 1.71. The van der Waals surface area contributed by atoms with Gasteiger partial charge in [-0.3, -0.25) is 14.5 Å². The highest BCUT2D eigenvalue weighted by atomic mass is 16.5. The molecular weight excluding hydrogens is 330 g/mol. The summed E-state index contributed by atoms with van der Waals surface area (Å²) in [6, 6.07) is 6.32. The van der Waals surface area contributed by atoms with Crippen molar-refractivity contribution >= 4 is 17.5 Å². The van der Waals surface area contributed by atoms with E-state index in [2.05, 4.69) is 17.1 Å². The molecule has 0 radical (unpaired) electrons. The summed E-state index contributed by atoms with van der Waals surface area (Å²) in [6.45, 7) is 7.07. The number of aryl methyl sites for hydroxylation is 1. The molecular formula is C20H29N3O3. The van der Waals surface area contributed by atoms with E-state index in [9.17, 15) is 9.59 Å². The summed E-state index contributed by atoms with van der Waals surface area (Å²) >= 11 is 0. The van der Waals surface area contributed by atoms with Crippen LogP contribution < -0.4 is 15.0 Å². The van der Waals surface area contributed by atoms with E-state index in [1.165, 1.54) is 24.2 Å². The molecule has 2 amide bonds. The topological polar surface area (TPSA) is 61.9 Å². The number of likely N-dealkylation sites (tertiary alicyclic amines) is 1. The maximum atomic E-state index is 12.3.